The summed E-state index contributed by atoms with van der Waals surface area (Å²) < 4.78 is 0. The Hall–Kier alpha value is -2.62. The second-order valence-electron chi connectivity index (χ2n) is 8.86. The van der Waals surface area contributed by atoms with E-state index in [1.807, 2.05) is 37.2 Å². The van der Waals surface area contributed by atoms with Crippen LogP contribution in [0.4, 0.5) is 0 Å². The number of likely N-dealkylation sites (tertiary alicyclic amines) is 1. The van der Waals surface area contributed by atoms with E-state index >= 15 is 0 Å². The van der Waals surface area contributed by atoms with Gasteiger partial charge in [0.15, 0.2) is 0 Å². The molecule has 4 rings (SSSR count). The van der Waals surface area contributed by atoms with Crippen LogP contribution >= 0.6 is 0 Å². The summed E-state index contributed by atoms with van der Waals surface area (Å²) in [6, 6.07) is 18.8. The van der Waals surface area contributed by atoms with Crippen molar-refractivity contribution in [3.8, 4) is 11.1 Å². The van der Waals surface area contributed by atoms with Crippen LogP contribution in [0.5, 0.6) is 0 Å². The van der Waals surface area contributed by atoms with Crippen LogP contribution in [0, 0.1) is 11.3 Å². The molecular weight excluding hydrogens is 360 g/mol. The SMILES string of the molecule is CN(C)C(=O)[C@]1(Cc2cccc(-c3ccccc3)c2)CCN(C(=O)C2CCC2)C1. The van der Waals surface area contributed by atoms with Crippen LogP contribution in [0.25, 0.3) is 11.1 Å². The van der Waals surface area contributed by atoms with Gasteiger partial charge in [-0.25, -0.2) is 0 Å². The number of benzene rings is 2. The van der Waals surface area contributed by atoms with Crippen LogP contribution in [0.2, 0.25) is 0 Å². The predicted molar refractivity (Wildman–Crippen MR) is 115 cm³/mol. The first-order chi connectivity index (χ1) is 14.0. The van der Waals surface area contributed by atoms with E-state index in [4.69, 9.17) is 0 Å². The molecule has 0 aromatic heterocycles. The molecule has 0 radical (unpaired) electrons. The summed E-state index contributed by atoms with van der Waals surface area (Å²) in [6.45, 7) is 1.22. The molecule has 4 heteroatoms. The van der Waals surface area contributed by atoms with Crippen molar-refractivity contribution in [1.82, 2.24) is 9.80 Å². The molecule has 0 spiro atoms. The molecule has 2 aromatic rings. The van der Waals surface area contributed by atoms with E-state index in [0.29, 0.717) is 19.5 Å². The summed E-state index contributed by atoms with van der Waals surface area (Å²) in [5.74, 6) is 0.566. The third-order valence-corrected chi connectivity index (χ3v) is 6.56. The Kier molecular flexibility index (Phi) is 5.44. The van der Waals surface area contributed by atoms with Gasteiger partial charge in [-0.15, -0.1) is 0 Å². The largest absolute Gasteiger partial charge is 0.348 e. The van der Waals surface area contributed by atoms with Crippen LogP contribution in [0.15, 0.2) is 54.6 Å². The fourth-order valence-electron chi connectivity index (χ4n) is 4.72. The van der Waals surface area contributed by atoms with E-state index in [2.05, 4.69) is 36.4 Å². The molecule has 4 nitrogen and oxygen atoms in total. The lowest BCUT2D eigenvalue weighted by Gasteiger charge is -2.33. The minimum atomic E-state index is -0.530. The van der Waals surface area contributed by atoms with E-state index < -0.39 is 5.41 Å². The summed E-state index contributed by atoms with van der Waals surface area (Å²) in [5.41, 5.74) is 2.96. The number of hydrogen-bond donors (Lipinski definition) is 0. The van der Waals surface area contributed by atoms with Gasteiger partial charge in [0.25, 0.3) is 0 Å². The first kappa shape index (κ1) is 19.7. The zero-order chi connectivity index (χ0) is 20.4. The standard InChI is InChI=1S/C25H30N2O2/c1-26(2)24(29)25(14-15-27(18-25)23(28)21-11-7-12-21)17-19-8-6-13-22(16-19)20-9-4-3-5-10-20/h3-6,8-10,13,16,21H,7,11-12,14-15,17-18H2,1-2H3/t25-/m0/s1. The van der Waals surface area contributed by atoms with Gasteiger partial charge >= 0.3 is 0 Å². The first-order valence-corrected chi connectivity index (χ1v) is 10.6. The molecule has 2 fully saturated rings. The average Bonchev–Trinajstić information content (AvgIpc) is 3.12. The maximum atomic E-state index is 13.2. The monoisotopic (exact) mass is 390 g/mol. The van der Waals surface area contributed by atoms with Gasteiger partial charge in [0.05, 0.1) is 5.41 Å². The third-order valence-electron chi connectivity index (χ3n) is 6.56. The van der Waals surface area contributed by atoms with Gasteiger partial charge in [-0.3, -0.25) is 9.59 Å². The number of rotatable bonds is 5. The fraction of sp³-hybridized carbons (Fsp3) is 0.440. The topological polar surface area (TPSA) is 40.6 Å². The summed E-state index contributed by atoms with van der Waals surface area (Å²) in [4.78, 5) is 29.7. The Bertz CT molecular complexity index is 889. The number of nitrogens with zero attached hydrogens (tertiary/aromatic N) is 2. The average molecular weight is 391 g/mol. The fourth-order valence-corrected chi connectivity index (χ4v) is 4.72. The van der Waals surface area contributed by atoms with Crippen LogP contribution < -0.4 is 0 Å². The van der Waals surface area contributed by atoms with Gasteiger partial charge in [-0.05, 0) is 42.4 Å². The number of carbonyl (C=O) groups is 2. The molecule has 0 bridgehead atoms. The molecule has 1 saturated heterocycles. The highest BCUT2D eigenvalue weighted by atomic mass is 16.2. The second kappa shape index (κ2) is 8.02. The van der Waals surface area contributed by atoms with E-state index in [-0.39, 0.29) is 17.7 Å². The van der Waals surface area contributed by atoms with Crippen LogP contribution in [-0.2, 0) is 16.0 Å². The van der Waals surface area contributed by atoms with Crippen molar-refractivity contribution in [2.45, 2.75) is 32.1 Å². The normalized spacial score (nSPS) is 21.7. The van der Waals surface area contributed by atoms with Crippen molar-refractivity contribution in [2.75, 3.05) is 27.2 Å². The smallest absolute Gasteiger partial charge is 0.230 e. The van der Waals surface area contributed by atoms with Gasteiger partial charge < -0.3 is 9.80 Å². The Balaban J connectivity index is 1.59. The molecule has 1 atom stereocenters. The van der Waals surface area contributed by atoms with Crippen molar-refractivity contribution in [1.29, 1.82) is 0 Å². The minimum Gasteiger partial charge on any atom is -0.348 e. The number of hydrogen-bond acceptors (Lipinski definition) is 2. The van der Waals surface area contributed by atoms with Crippen LogP contribution in [-0.4, -0.2) is 48.8 Å². The molecule has 1 heterocycles. The lowest BCUT2D eigenvalue weighted by molar-refractivity contribution is -0.141. The van der Waals surface area contributed by atoms with Crippen LogP contribution in [0.1, 0.15) is 31.2 Å². The zero-order valence-corrected chi connectivity index (χ0v) is 17.4. The maximum Gasteiger partial charge on any atom is 0.230 e. The second-order valence-corrected chi connectivity index (χ2v) is 8.86. The Morgan fingerprint density at radius 2 is 1.76 bits per heavy atom. The van der Waals surface area contributed by atoms with E-state index in [9.17, 15) is 9.59 Å². The van der Waals surface area contributed by atoms with Crippen molar-refractivity contribution in [3.05, 3.63) is 60.2 Å². The van der Waals surface area contributed by atoms with Gasteiger partial charge in [0.2, 0.25) is 11.8 Å². The van der Waals surface area contributed by atoms with E-state index in [1.54, 1.807) is 4.90 Å². The molecular formula is C25H30N2O2. The Morgan fingerprint density at radius 3 is 2.41 bits per heavy atom. The van der Waals surface area contributed by atoms with Gasteiger partial charge in [0.1, 0.15) is 0 Å². The van der Waals surface area contributed by atoms with Crippen molar-refractivity contribution >= 4 is 11.8 Å². The van der Waals surface area contributed by atoms with Gasteiger partial charge in [-0.1, -0.05) is 61.0 Å². The molecule has 0 N–H and O–H groups in total. The number of amides is 2. The summed E-state index contributed by atoms with van der Waals surface area (Å²) >= 11 is 0. The summed E-state index contributed by atoms with van der Waals surface area (Å²) in [5, 5.41) is 0. The predicted octanol–water partition coefficient (Wildman–Crippen LogP) is 4.00. The Labute approximate surface area is 173 Å². The summed E-state index contributed by atoms with van der Waals surface area (Å²) in [7, 11) is 3.64. The molecule has 1 aliphatic carbocycles. The highest BCUT2D eigenvalue weighted by molar-refractivity contribution is 5.86. The molecule has 2 aromatic carbocycles. The molecule has 1 aliphatic heterocycles. The molecule has 2 amide bonds. The summed E-state index contributed by atoms with van der Waals surface area (Å²) in [6.07, 6.45) is 4.56. The Morgan fingerprint density at radius 1 is 1.03 bits per heavy atom. The quantitative estimate of drug-likeness (QED) is 0.774. The first-order valence-electron chi connectivity index (χ1n) is 10.6. The molecule has 1 saturated carbocycles. The van der Waals surface area contributed by atoms with Crippen molar-refractivity contribution in [2.24, 2.45) is 11.3 Å². The van der Waals surface area contributed by atoms with E-state index in [0.717, 1.165) is 36.8 Å². The highest BCUT2D eigenvalue weighted by Gasteiger charge is 2.47. The van der Waals surface area contributed by atoms with Crippen molar-refractivity contribution in [3.63, 3.8) is 0 Å². The molecule has 2 aliphatic rings. The lowest BCUT2D eigenvalue weighted by atomic mass is 9.79. The van der Waals surface area contributed by atoms with Crippen LogP contribution in [0.3, 0.4) is 0 Å². The molecule has 152 valence electrons. The molecule has 29 heavy (non-hydrogen) atoms. The highest BCUT2D eigenvalue weighted by Crippen LogP contribution is 2.39. The van der Waals surface area contributed by atoms with Gasteiger partial charge in [-0.2, -0.15) is 0 Å². The number of carbonyl (C=O) groups excluding carboxylic acids is 2. The zero-order valence-electron chi connectivity index (χ0n) is 17.4. The lowest BCUT2D eigenvalue weighted by Crippen LogP contribution is -2.46. The van der Waals surface area contributed by atoms with Gasteiger partial charge in [0, 0.05) is 33.1 Å². The molecule has 0 unspecified atom stereocenters. The third kappa shape index (κ3) is 3.93. The minimum absolute atomic E-state index is 0.131. The maximum absolute atomic E-state index is 13.2. The van der Waals surface area contributed by atoms with Crippen molar-refractivity contribution < 1.29 is 9.59 Å². The van der Waals surface area contributed by atoms with E-state index in [1.165, 1.54) is 5.56 Å².